The number of thiazole rings is 1. The van der Waals surface area contributed by atoms with E-state index in [9.17, 15) is 0 Å². The van der Waals surface area contributed by atoms with Crippen molar-refractivity contribution in [2.75, 3.05) is 19.6 Å². The lowest BCUT2D eigenvalue weighted by Gasteiger charge is -2.35. The van der Waals surface area contributed by atoms with E-state index in [1.807, 2.05) is 0 Å². The minimum absolute atomic E-state index is 0.358. The summed E-state index contributed by atoms with van der Waals surface area (Å²) in [5.74, 6) is 0.523. The molecule has 0 saturated carbocycles. The number of morpholine rings is 1. The van der Waals surface area contributed by atoms with Gasteiger partial charge in [0.05, 0.1) is 28.8 Å². The normalized spacial score (nSPS) is 25.5. The molecule has 0 N–H and O–H groups in total. The molecule has 3 nitrogen and oxygen atoms in total. The monoisotopic (exact) mass is 288 g/mol. The molecule has 0 amide bonds. The summed E-state index contributed by atoms with van der Waals surface area (Å²) in [4.78, 5) is 6.98. The summed E-state index contributed by atoms with van der Waals surface area (Å²) in [7, 11) is 0. The van der Waals surface area contributed by atoms with E-state index < -0.39 is 0 Å². The molecule has 0 spiro atoms. The number of halogens is 1. The van der Waals surface area contributed by atoms with Gasteiger partial charge >= 0.3 is 0 Å². The van der Waals surface area contributed by atoms with Gasteiger partial charge < -0.3 is 4.74 Å². The Bertz CT molecular complexity index is 362. The van der Waals surface area contributed by atoms with Crippen molar-refractivity contribution in [3.63, 3.8) is 0 Å². The minimum Gasteiger partial charge on any atom is -0.373 e. The van der Waals surface area contributed by atoms with Crippen molar-refractivity contribution in [3.8, 4) is 0 Å². The predicted octanol–water partition coefficient (Wildman–Crippen LogP) is 2.92. The van der Waals surface area contributed by atoms with E-state index in [-0.39, 0.29) is 0 Å². The van der Waals surface area contributed by atoms with E-state index in [1.165, 1.54) is 5.01 Å². The summed E-state index contributed by atoms with van der Waals surface area (Å²) < 4.78 is 5.73. The van der Waals surface area contributed by atoms with Crippen molar-refractivity contribution < 1.29 is 4.74 Å². The maximum absolute atomic E-state index is 5.75. The Morgan fingerprint density at radius 1 is 1.44 bits per heavy atom. The maximum atomic E-state index is 5.75. The molecule has 5 heteroatoms. The van der Waals surface area contributed by atoms with E-state index in [0.717, 1.165) is 38.2 Å². The fourth-order valence-electron chi connectivity index (χ4n) is 2.45. The molecule has 1 aromatic rings. The van der Waals surface area contributed by atoms with Gasteiger partial charge in [0.25, 0.3) is 0 Å². The summed E-state index contributed by atoms with van der Waals surface area (Å²) in [5, 5.41) is 3.27. The van der Waals surface area contributed by atoms with Gasteiger partial charge in [0, 0.05) is 24.9 Å². The van der Waals surface area contributed by atoms with Crippen molar-refractivity contribution in [1.29, 1.82) is 0 Å². The van der Waals surface area contributed by atoms with Gasteiger partial charge in [-0.3, -0.25) is 4.90 Å². The van der Waals surface area contributed by atoms with E-state index in [1.54, 1.807) is 11.3 Å². The summed E-state index contributed by atoms with van der Waals surface area (Å²) in [6.07, 6.45) is 2.93. The van der Waals surface area contributed by atoms with Crippen molar-refractivity contribution in [2.45, 2.75) is 44.8 Å². The molecule has 0 radical (unpaired) electrons. The standard InChI is InChI=1S/C13H21ClN2OS/c1-10-7-16(8-11(2)17-10)5-3-4-13-15-12(6-14)9-18-13/h9-11H,3-8H2,1-2H3/t10-,11+. The lowest BCUT2D eigenvalue weighted by molar-refractivity contribution is -0.0680. The number of ether oxygens (including phenoxy) is 1. The first-order chi connectivity index (χ1) is 8.67. The lowest BCUT2D eigenvalue weighted by Crippen LogP contribution is -2.45. The van der Waals surface area contributed by atoms with Crippen molar-refractivity contribution in [2.24, 2.45) is 0 Å². The first kappa shape index (κ1) is 14.3. The first-order valence-electron chi connectivity index (χ1n) is 6.54. The zero-order valence-electron chi connectivity index (χ0n) is 11.1. The molecular formula is C13H21ClN2OS. The van der Waals surface area contributed by atoms with Gasteiger partial charge in [-0.2, -0.15) is 0 Å². The molecule has 1 fully saturated rings. The van der Waals surface area contributed by atoms with Crippen molar-refractivity contribution >= 4 is 22.9 Å². The van der Waals surface area contributed by atoms with Crippen LogP contribution in [0.2, 0.25) is 0 Å². The van der Waals surface area contributed by atoms with Gasteiger partial charge in [-0.25, -0.2) is 4.98 Å². The van der Waals surface area contributed by atoms with E-state index >= 15 is 0 Å². The maximum Gasteiger partial charge on any atom is 0.0929 e. The molecule has 1 aliphatic heterocycles. The number of hydrogen-bond donors (Lipinski definition) is 0. The fourth-order valence-corrected chi connectivity index (χ4v) is 3.51. The first-order valence-corrected chi connectivity index (χ1v) is 7.96. The van der Waals surface area contributed by atoms with Gasteiger partial charge in [-0.1, -0.05) is 0 Å². The Hall–Kier alpha value is -0.160. The third-order valence-electron chi connectivity index (χ3n) is 3.10. The van der Waals surface area contributed by atoms with Crippen LogP contribution in [0.3, 0.4) is 0 Å². The highest BCUT2D eigenvalue weighted by Crippen LogP contribution is 2.15. The van der Waals surface area contributed by atoms with Gasteiger partial charge in [0.15, 0.2) is 0 Å². The number of alkyl halides is 1. The average Bonchev–Trinajstić information content (AvgIpc) is 2.76. The molecule has 1 aromatic heterocycles. The highest BCUT2D eigenvalue weighted by Gasteiger charge is 2.21. The summed E-state index contributed by atoms with van der Waals surface area (Å²) in [5.41, 5.74) is 1.00. The molecule has 1 aliphatic rings. The molecule has 1 saturated heterocycles. The van der Waals surface area contributed by atoms with Gasteiger partial charge in [-0.05, 0) is 26.8 Å². The van der Waals surface area contributed by atoms with Crippen LogP contribution >= 0.6 is 22.9 Å². The van der Waals surface area contributed by atoms with E-state index in [4.69, 9.17) is 16.3 Å². The smallest absolute Gasteiger partial charge is 0.0929 e. The van der Waals surface area contributed by atoms with Crippen molar-refractivity contribution in [1.82, 2.24) is 9.88 Å². The highest BCUT2D eigenvalue weighted by molar-refractivity contribution is 7.09. The number of rotatable bonds is 5. The molecule has 2 atom stereocenters. The molecular weight excluding hydrogens is 268 g/mol. The number of aryl methyl sites for hydroxylation is 1. The van der Waals surface area contributed by atoms with Gasteiger partial charge in [0.1, 0.15) is 0 Å². The molecule has 0 bridgehead atoms. The number of hydrogen-bond acceptors (Lipinski definition) is 4. The SMILES string of the molecule is C[C@@H]1CN(CCCc2nc(CCl)cs2)C[C@H](C)O1. The second kappa shape index (κ2) is 6.85. The molecule has 2 heterocycles. The third kappa shape index (κ3) is 4.19. The molecule has 0 aromatic carbocycles. The molecule has 2 rings (SSSR count). The van der Waals surface area contributed by atoms with Crippen LogP contribution in [0.5, 0.6) is 0 Å². The molecule has 18 heavy (non-hydrogen) atoms. The topological polar surface area (TPSA) is 25.4 Å². The molecule has 0 aliphatic carbocycles. The summed E-state index contributed by atoms with van der Waals surface area (Å²) in [6, 6.07) is 0. The second-order valence-electron chi connectivity index (χ2n) is 4.99. The second-order valence-corrected chi connectivity index (χ2v) is 6.20. The van der Waals surface area contributed by atoms with Crippen LogP contribution in [0.25, 0.3) is 0 Å². The van der Waals surface area contributed by atoms with Crippen LogP contribution in [-0.2, 0) is 17.0 Å². The Labute approximate surface area is 118 Å². The van der Waals surface area contributed by atoms with Crippen LogP contribution in [-0.4, -0.2) is 41.7 Å². The van der Waals surface area contributed by atoms with E-state index in [0.29, 0.717) is 18.1 Å². The van der Waals surface area contributed by atoms with Gasteiger partial charge in [-0.15, -0.1) is 22.9 Å². The predicted molar refractivity (Wildman–Crippen MR) is 76.4 cm³/mol. The summed E-state index contributed by atoms with van der Waals surface area (Å²) in [6.45, 7) is 7.53. The minimum atomic E-state index is 0.358. The Morgan fingerprint density at radius 3 is 2.78 bits per heavy atom. The third-order valence-corrected chi connectivity index (χ3v) is 4.33. The van der Waals surface area contributed by atoms with Crippen LogP contribution < -0.4 is 0 Å². The zero-order chi connectivity index (χ0) is 13.0. The molecule has 0 unspecified atom stereocenters. The van der Waals surface area contributed by atoms with Crippen LogP contribution in [0, 0.1) is 0 Å². The summed E-state index contributed by atoms with van der Waals surface area (Å²) >= 11 is 7.47. The Kier molecular flexibility index (Phi) is 5.42. The Balaban J connectivity index is 1.71. The van der Waals surface area contributed by atoms with Gasteiger partial charge in [0.2, 0.25) is 0 Å². The number of nitrogens with zero attached hydrogens (tertiary/aromatic N) is 2. The lowest BCUT2D eigenvalue weighted by atomic mass is 10.2. The Morgan fingerprint density at radius 2 is 2.17 bits per heavy atom. The quantitative estimate of drug-likeness (QED) is 0.779. The molecule has 102 valence electrons. The van der Waals surface area contributed by atoms with Crippen LogP contribution in [0.15, 0.2) is 5.38 Å². The van der Waals surface area contributed by atoms with Crippen LogP contribution in [0.1, 0.15) is 31.0 Å². The number of aromatic nitrogens is 1. The average molecular weight is 289 g/mol. The zero-order valence-corrected chi connectivity index (χ0v) is 12.6. The fraction of sp³-hybridized carbons (Fsp3) is 0.769. The van der Waals surface area contributed by atoms with Crippen molar-refractivity contribution in [3.05, 3.63) is 16.1 Å². The van der Waals surface area contributed by atoms with E-state index in [2.05, 4.69) is 29.1 Å². The largest absolute Gasteiger partial charge is 0.373 e. The highest BCUT2D eigenvalue weighted by atomic mass is 35.5. The van der Waals surface area contributed by atoms with Crippen LogP contribution in [0.4, 0.5) is 0 Å².